The predicted molar refractivity (Wildman–Crippen MR) is 84.2 cm³/mol. The maximum atomic E-state index is 12.3. The lowest BCUT2D eigenvalue weighted by molar-refractivity contribution is 0.412. The van der Waals surface area contributed by atoms with Crippen LogP contribution in [-0.2, 0) is 10.0 Å². The number of rotatable bonds is 4. The van der Waals surface area contributed by atoms with E-state index in [9.17, 15) is 8.42 Å². The van der Waals surface area contributed by atoms with Crippen LogP contribution in [0.4, 0.5) is 0 Å². The van der Waals surface area contributed by atoms with Crippen LogP contribution < -0.4 is 14.8 Å². The molecule has 0 bridgehead atoms. The van der Waals surface area contributed by atoms with Crippen molar-refractivity contribution >= 4 is 38.4 Å². The molecule has 1 atom stereocenters. The summed E-state index contributed by atoms with van der Waals surface area (Å²) in [6.07, 6.45) is 1.84. The molecule has 0 amide bonds. The lowest BCUT2D eigenvalue weighted by Gasteiger charge is -2.23. The third-order valence-electron chi connectivity index (χ3n) is 3.01. The van der Waals surface area contributed by atoms with Gasteiger partial charge in [0.15, 0.2) is 0 Å². The zero-order valence-corrected chi connectivity index (χ0v) is 14.3. The van der Waals surface area contributed by atoms with Crippen LogP contribution in [0.15, 0.2) is 27.6 Å². The maximum Gasteiger partial charge on any atom is 0.241 e. The van der Waals surface area contributed by atoms with Gasteiger partial charge in [-0.3, -0.25) is 0 Å². The first-order chi connectivity index (χ1) is 9.01. The van der Waals surface area contributed by atoms with E-state index in [1.807, 2.05) is 0 Å². The zero-order valence-electron chi connectivity index (χ0n) is 11.1. The van der Waals surface area contributed by atoms with Gasteiger partial charge in [-0.15, -0.1) is 12.4 Å². The van der Waals surface area contributed by atoms with Crippen molar-refractivity contribution in [1.82, 2.24) is 10.0 Å². The van der Waals surface area contributed by atoms with Crippen LogP contribution in [0.3, 0.4) is 0 Å². The minimum absolute atomic E-state index is 0. The fraction of sp³-hybridized carbons (Fsp3) is 0.500. The Labute approximate surface area is 134 Å². The number of benzene rings is 1. The molecule has 1 fully saturated rings. The molecule has 20 heavy (non-hydrogen) atoms. The summed E-state index contributed by atoms with van der Waals surface area (Å²) < 4.78 is 33.1. The van der Waals surface area contributed by atoms with Crippen LogP contribution in [0.1, 0.15) is 12.8 Å². The Morgan fingerprint density at radius 1 is 1.40 bits per heavy atom. The van der Waals surface area contributed by atoms with Gasteiger partial charge in [-0.25, -0.2) is 13.1 Å². The first-order valence-corrected chi connectivity index (χ1v) is 8.36. The van der Waals surface area contributed by atoms with Crippen molar-refractivity contribution < 1.29 is 13.2 Å². The molecule has 2 rings (SSSR count). The van der Waals surface area contributed by atoms with Gasteiger partial charge in [0.25, 0.3) is 0 Å². The molecule has 0 saturated carbocycles. The van der Waals surface area contributed by atoms with E-state index in [0.29, 0.717) is 16.8 Å². The highest BCUT2D eigenvalue weighted by Gasteiger charge is 2.22. The van der Waals surface area contributed by atoms with E-state index in [2.05, 4.69) is 26.0 Å². The molecule has 2 N–H and O–H groups in total. The summed E-state index contributed by atoms with van der Waals surface area (Å²) in [5, 5.41) is 3.18. The number of nitrogens with one attached hydrogen (secondary N) is 2. The molecular formula is C12H18BrClN2O3S. The Balaban J connectivity index is 0.00000200. The number of sulfonamides is 1. The van der Waals surface area contributed by atoms with Gasteiger partial charge < -0.3 is 10.1 Å². The van der Waals surface area contributed by atoms with Crippen molar-refractivity contribution in [3.05, 3.63) is 22.7 Å². The van der Waals surface area contributed by atoms with Crippen LogP contribution in [0.5, 0.6) is 5.75 Å². The van der Waals surface area contributed by atoms with Crippen LogP contribution in [0.2, 0.25) is 0 Å². The van der Waals surface area contributed by atoms with Gasteiger partial charge in [0.1, 0.15) is 5.75 Å². The summed E-state index contributed by atoms with van der Waals surface area (Å²) in [6.45, 7) is 1.62. The molecule has 1 saturated heterocycles. The summed E-state index contributed by atoms with van der Waals surface area (Å²) >= 11 is 3.29. The SMILES string of the molecule is COc1cc(Br)cc(S(=O)(=O)NC2CCCNC2)c1.Cl. The molecule has 0 spiro atoms. The highest BCUT2D eigenvalue weighted by atomic mass is 79.9. The fourth-order valence-electron chi connectivity index (χ4n) is 2.05. The second-order valence-electron chi connectivity index (χ2n) is 4.49. The largest absolute Gasteiger partial charge is 0.497 e. The lowest BCUT2D eigenvalue weighted by atomic mass is 10.1. The lowest BCUT2D eigenvalue weighted by Crippen LogP contribution is -2.45. The van der Waals surface area contributed by atoms with Gasteiger partial charge in [0.2, 0.25) is 10.0 Å². The molecule has 0 aliphatic carbocycles. The molecule has 1 aromatic rings. The van der Waals surface area contributed by atoms with Gasteiger partial charge in [-0.2, -0.15) is 0 Å². The van der Waals surface area contributed by atoms with Crippen molar-refractivity contribution in [1.29, 1.82) is 0 Å². The standard InChI is InChI=1S/C12H17BrN2O3S.ClH/c1-18-11-5-9(13)6-12(7-11)19(16,17)15-10-3-2-4-14-8-10;/h5-7,10,14-15H,2-4,8H2,1H3;1H. The first-order valence-electron chi connectivity index (χ1n) is 6.09. The topological polar surface area (TPSA) is 67.4 Å². The summed E-state index contributed by atoms with van der Waals surface area (Å²) in [5.41, 5.74) is 0. The Bertz CT molecular complexity index is 548. The number of hydrogen-bond acceptors (Lipinski definition) is 4. The quantitative estimate of drug-likeness (QED) is 0.831. The molecule has 0 aromatic heterocycles. The third kappa shape index (κ3) is 4.60. The van der Waals surface area contributed by atoms with E-state index in [1.54, 1.807) is 12.1 Å². The Morgan fingerprint density at radius 3 is 2.75 bits per heavy atom. The van der Waals surface area contributed by atoms with E-state index < -0.39 is 10.0 Å². The Morgan fingerprint density at radius 2 is 2.15 bits per heavy atom. The molecule has 8 heteroatoms. The van der Waals surface area contributed by atoms with Crippen LogP contribution in [-0.4, -0.2) is 34.7 Å². The summed E-state index contributed by atoms with van der Waals surface area (Å²) in [6, 6.07) is 4.76. The van der Waals surface area contributed by atoms with Crippen molar-refractivity contribution in [2.75, 3.05) is 20.2 Å². The molecule has 1 aliphatic rings. The molecule has 1 aliphatic heterocycles. The van der Waals surface area contributed by atoms with Gasteiger partial charge in [-0.1, -0.05) is 15.9 Å². The normalized spacial score (nSPS) is 19.2. The predicted octanol–water partition coefficient (Wildman–Crippen LogP) is 1.91. The van der Waals surface area contributed by atoms with E-state index in [-0.39, 0.29) is 23.3 Å². The van der Waals surface area contributed by atoms with Crippen molar-refractivity contribution in [3.63, 3.8) is 0 Å². The smallest absolute Gasteiger partial charge is 0.241 e. The van der Waals surface area contributed by atoms with E-state index >= 15 is 0 Å². The van der Waals surface area contributed by atoms with Crippen molar-refractivity contribution in [2.45, 2.75) is 23.8 Å². The van der Waals surface area contributed by atoms with Gasteiger partial charge >= 0.3 is 0 Å². The first kappa shape index (κ1) is 17.7. The summed E-state index contributed by atoms with van der Waals surface area (Å²) in [7, 11) is -2.00. The molecule has 1 unspecified atom stereocenters. The minimum Gasteiger partial charge on any atom is -0.497 e. The number of piperidine rings is 1. The fourth-order valence-corrected chi connectivity index (χ4v) is 4.00. The molecule has 0 radical (unpaired) electrons. The Hall–Kier alpha value is -0.340. The Kier molecular flexibility index (Phi) is 6.74. The molecule has 1 aromatic carbocycles. The van der Waals surface area contributed by atoms with Crippen molar-refractivity contribution in [2.24, 2.45) is 0 Å². The van der Waals surface area contributed by atoms with Crippen molar-refractivity contribution in [3.8, 4) is 5.75 Å². The number of methoxy groups -OCH3 is 1. The van der Waals surface area contributed by atoms with Crippen LogP contribution in [0, 0.1) is 0 Å². The third-order valence-corrected chi connectivity index (χ3v) is 4.97. The summed E-state index contributed by atoms with van der Waals surface area (Å²) in [5.74, 6) is 0.511. The number of ether oxygens (including phenoxy) is 1. The van der Waals surface area contributed by atoms with Crippen LogP contribution in [0.25, 0.3) is 0 Å². The second-order valence-corrected chi connectivity index (χ2v) is 7.12. The minimum atomic E-state index is -3.51. The zero-order chi connectivity index (χ0) is 13.9. The molecule has 1 heterocycles. The average molecular weight is 386 g/mol. The summed E-state index contributed by atoms with van der Waals surface area (Å²) in [4.78, 5) is 0.212. The highest BCUT2D eigenvalue weighted by molar-refractivity contribution is 9.10. The van der Waals surface area contributed by atoms with Crippen LogP contribution >= 0.6 is 28.3 Å². The molecule has 114 valence electrons. The molecular weight excluding hydrogens is 368 g/mol. The highest BCUT2D eigenvalue weighted by Crippen LogP contribution is 2.24. The van der Waals surface area contributed by atoms with E-state index in [0.717, 1.165) is 19.4 Å². The second kappa shape index (κ2) is 7.61. The van der Waals surface area contributed by atoms with Gasteiger partial charge in [0.05, 0.1) is 12.0 Å². The average Bonchev–Trinajstić information content (AvgIpc) is 2.38. The number of hydrogen-bond donors (Lipinski definition) is 2. The van der Waals surface area contributed by atoms with E-state index in [1.165, 1.54) is 13.2 Å². The number of halogens is 2. The van der Waals surface area contributed by atoms with E-state index in [4.69, 9.17) is 4.74 Å². The maximum absolute atomic E-state index is 12.3. The monoisotopic (exact) mass is 384 g/mol. The van der Waals surface area contributed by atoms with Gasteiger partial charge in [-0.05, 0) is 31.5 Å². The van der Waals surface area contributed by atoms with Gasteiger partial charge in [0, 0.05) is 23.1 Å². The molecule has 5 nitrogen and oxygen atoms in total.